The molecule has 0 unspecified atom stereocenters. The third-order valence-electron chi connectivity index (χ3n) is 3.21. The molecule has 0 radical (unpaired) electrons. The average Bonchev–Trinajstić information content (AvgIpc) is 2.57. The summed E-state index contributed by atoms with van der Waals surface area (Å²) >= 11 is 0. The van der Waals surface area contributed by atoms with Crippen molar-refractivity contribution in [2.45, 2.75) is 12.6 Å². The molecule has 0 aliphatic rings. The average molecular weight is 313 g/mol. The minimum Gasteiger partial charge on any atom is -0.324 e. The smallest absolute Gasteiger partial charge is 0.256 e. The van der Waals surface area contributed by atoms with Crippen LogP contribution < -0.4 is 5.30 Å². The molecule has 0 saturated carbocycles. The second-order valence-electron chi connectivity index (χ2n) is 4.61. The van der Waals surface area contributed by atoms with E-state index in [1.807, 2.05) is 6.07 Å². The van der Waals surface area contributed by atoms with Crippen molar-refractivity contribution < 1.29 is 13.9 Å². The SMILES string of the molecule is CCO[P@@](=O)(c1ccccc1)[C@H](C#N)C(=O)c1ccccc1. The fraction of sp³-hybridized carbons (Fsp3) is 0.176. The zero-order chi connectivity index (χ0) is 16.0. The lowest BCUT2D eigenvalue weighted by Crippen LogP contribution is -2.26. The highest BCUT2D eigenvalue weighted by Crippen LogP contribution is 2.51. The quantitative estimate of drug-likeness (QED) is 0.605. The molecule has 2 aromatic rings. The predicted molar refractivity (Wildman–Crippen MR) is 85.5 cm³/mol. The first kappa shape index (κ1) is 16.2. The summed E-state index contributed by atoms with van der Waals surface area (Å²) in [6.45, 7) is 1.85. The van der Waals surface area contributed by atoms with Crippen LogP contribution in [0.1, 0.15) is 17.3 Å². The molecule has 5 heteroatoms. The first-order valence-electron chi connectivity index (χ1n) is 6.92. The first-order valence-corrected chi connectivity index (χ1v) is 8.61. The van der Waals surface area contributed by atoms with Crippen LogP contribution in [-0.2, 0) is 9.09 Å². The molecule has 0 saturated heterocycles. The lowest BCUT2D eigenvalue weighted by atomic mass is 10.1. The van der Waals surface area contributed by atoms with Crippen LogP contribution in [0, 0.1) is 11.3 Å². The van der Waals surface area contributed by atoms with Gasteiger partial charge in [0, 0.05) is 10.9 Å². The van der Waals surface area contributed by atoms with Crippen LogP contribution in [0.25, 0.3) is 0 Å². The lowest BCUT2D eigenvalue weighted by Gasteiger charge is -2.22. The number of carbonyl (C=O) groups excluding carboxylic acids is 1. The van der Waals surface area contributed by atoms with Crippen molar-refractivity contribution in [3.63, 3.8) is 0 Å². The Labute approximate surface area is 129 Å². The maximum atomic E-state index is 13.3. The number of hydrogen-bond donors (Lipinski definition) is 0. The number of carbonyl (C=O) groups is 1. The molecule has 112 valence electrons. The molecule has 0 amide bonds. The summed E-state index contributed by atoms with van der Waals surface area (Å²) in [4.78, 5) is 12.6. The largest absolute Gasteiger partial charge is 0.324 e. The Morgan fingerprint density at radius 3 is 2.18 bits per heavy atom. The topological polar surface area (TPSA) is 67.2 Å². The highest BCUT2D eigenvalue weighted by atomic mass is 31.2. The van der Waals surface area contributed by atoms with Gasteiger partial charge >= 0.3 is 0 Å². The third-order valence-corrected chi connectivity index (χ3v) is 5.90. The van der Waals surface area contributed by atoms with Crippen LogP contribution in [0.3, 0.4) is 0 Å². The Balaban J connectivity index is 2.48. The van der Waals surface area contributed by atoms with Crippen LogP contribution in [0.4, 0.5) is 0 Å². The first-order chi connectivity index (χ1) is 10.6. The Morgan fingerprint density at radius 1 is 1.14 bits per heavy atom. The van der Waals surface area contributed by atoms with Crippen molar-refractivity contribution >= 4 is 18.5 Å². The van der Waals surface area contributed by atoms with Crippen LogP contribution in [0.15, 0.2) is 60.7 Å². The molecule has 0 aromatic heterocycles. The Kier molecular flexibility index (Phi) is 5.27. The summed E-state index contributed by atoms with van der Waals surface area (Å²) in [5.74, 6) is -0.483. The molecule has 2 atom stereocenters. The molecule has 4 nitrogen and oxygen atoms in total. The molecule has 0 heterocycles. The van der Waals surface area contributed by atoms with Gasteiger partial charge in [-0.25, -0.2) is 0 Å². The third kappa shape index (κ3) is 3.17. The van der Waals surface area contributed by atoms with E-state index in [0.717, 1.165) is 0 Å². The summed E-state index contributed by atoms with van der Waals surface area (Å²) < 4.78 is 18.7. The molecular weight excluding hydrogens is 297 g/mol. The zero-order valence-electron chi connectivity index (χ0n) is 12.2. The number of rotatable bonds is 6. The van der Waals surface area contributed by atoms with Crippen molar-refractivity contribution in [3.8, 4) is 6.07 Å². The van der Waals surface area contributed by atoms with Gasteiger partial charge in [-0.05, 0) is 19.1 Å². The van der Waals surface area contributed by atoms with E-state index in [4.69, 9.17) is 4.52 Å². The number of nitriles is 1. The Hall–Kier alpha value is -2.21. The van der Waals surface area contributed by atoms with Crippen molar-refractivity contribution in [2.75, 3.05) is 6.61 Å². The zero-order valence-corrected chi connectivity index (χ0v) is 13.1. The molecular formula is C17H16NO3P. The fourth-order valence-corrected chi connectivity index (χ4v) is 4.35. The van der Waals surface area contributed by atoms with Crippen LogP contribution in [-0.4, -0.2) is 18.0 Å². The highest BCUT2D eigenvalue weighted by molar-refractivity contribution is 7.69. The van der Waals surface area contributed by atoms with E-state index < -0.39 is 18.8 Å². The van der Waals surface area contributed by atoms with E-state index in [0.29, 0.717) is 10.9 Å². The Morgan fingerprint density at radius 2 is 1.68 bits per heavy atom. The van der Waals surface area contributed by atoms with Gasteiger partial charge in [-0.3, -0.25) is 9.36 Å². The molecule has 0 aliphatic carbocycles. The number of nitrogens with zero attached hydrogens (tertiary/aromatic N) is 1. The second kappa shape index (κ2) is 7.17. The Bertz CT molecular complexity index is 723. The van der Waals surface area contributed by atoms with Crippen LogP contribution in [0.5, 0.6) is 0 Å². The van der Waals surface area contributed by atoms with Crippen molar-refractivity contribution in [1.29, 1.82) is 5.26 Å². The maximum absolute atomic E-state index is 13.3. The van der Waals surface area contributed by atoms with Crippen LogP contribution >= 0.6 is 7.37 Å². The maximum Gasteiger partial charge on any atom is 0.256 e. The van der Waals surface area contributed by atoms with Gasteiger partial charge in [0.25, 0.3) is 7.37 Å². The van der Waals surface area contributed by atoms with Gasteiger partial charge in [-0.1, -0.05) is 48.5 Å². The molecule has 2 aromatic carbocycles. The second-order valence-corrected chi connectivity index (χ2v) is 7.10. The molecule has 2 rings (SSSR count). The van der Waals surface area contributed by atoms with E-state index in [2.05, 4.69) is 0 Å². The predicted octanol–water partition coefficient (Wildman–Crippen LogP) is 3.40. The van der Waals surface area contributed by atoms with Crippen molar-refractivity contribution in [3.05, 3.63) is 66.2 Å². The molecule has 0 aliphatic heterocycles. The van der Waals surface area contributed by atoms with Crippen molar-refractivity contribution in [2.24, 2.45) is 0 Å². The van der Waals surface area contributed by atoms with Crippen molar-refractivity contribution in [1.82, 2.24) is 0 Å². The molecule has 0 fully saturated rings. The minimum atomic E-state index is -3.61. The van der Waals surface area contributed by atoms with Gasteiger partial charge in [0.1, 0.15) is 0 Å². The van der Waals surface area contributed by atoms with E-state index in [1.165, 1.54) is 0 Å². The van der Waals surface area contributed by atoms with E-state index in [9.17, 15) is 14.6 Å². The van der Waals surface area contributed by atoms with E-state index in [-0.39, 0.29) is 6.61 Å². The number of ketones is 1. The molecule has 22 heavy (non-hydrogen) atoms. The standard InChI is InChI=1S/C17H16NO3P/c1-2-21-22(20,15-11-7-4-8-12-15)16(13-18)17(19)14-9-5-3-6-10-14/h3-12,16H,2H2,1H3/t16-,22+/m1/s1. The molecule has 0 N–H and O–H groups in total. The van der Waals surface area contributed by atoms with Gasteiger partial charge in [-0.2, -0.15) is 5.26 Å². The van der Waals surface area contributed by atoms with Crippen LogP contribution in [0.2, 0.25) is 0 Å². The number of Topliss-reactive ketones (excluding diaryl/α,β-unsaturated/α-hetero) is 1. The summed E-state index contributed by atoms with van der Waals surface area (Å²) in [6.07, 6.45) is 0. The summed E-state index contributed by atoms with van der Waals surface area (Å²) in [5.41, 5.74) is -0.998. The lowest BCUT2D eigenvalue weighted by molar-refractivity contribution is 0.0996. The van der Waals surface area contributed by atoms with Gasteiger partial charge in [-0.15, -0.1) is 0 Å². The number of hydrogen-bond acceptors (Lipinski definition) is 4. The molecule has 0 spiro atoms. The normalized spacial score (nSPS) is 14.5. The monoisotopic (exact) mass is 313 g/mol. The van der Waals surface area contributed by atoms with Gasteiger partial charge in [0.15, 0.2) is 11.4 Å². The van der Waals surface area contributed by atoms with Gasteiger partial charge in [0.2, 0.25) is 0 Å². The van der Waals surface area contributed by atoms with E-state index >= 15 is 0 Å². The summed E-state index contributed by atoms with van der Waals surface area (Å²) in [5, 5.41) is 9.84. The van der Waals surface area contributed by atoms with E-state index in [1.54, 1.807) is 67.6 Å². The van der Waals surface area contributed by atoms with Gasteiger partial charge in [0.05, 0.1) is 12.7 Å². The fourth-order valence-electron chi connectivity index (χ4n) is 2.17. The summed E-state index contributed by atoms with van der Waals surface area (Å²) in [7, 11) is -3.61. The summed E-state index contributed by atoms with van der Waals surface area (Å²) in [6, 6.07) is 18.7. The number of benzene rings is 2. The minimum absolute atomic E-state index is 0.159. The van der Waals surface area contributed by atoms with Gasteiger partial charge < -0.3 is 4.52 Å². The highest BCUT2D eigenvalue weighted by Gasteiger charge is 2.41. The molecule has 0 bridgehead atoms.